The number of thiophene rings is 1. The Balaban J connectivity index is 1.58. The van der Waals surface area contributed by atoms with Gasteiger partial charge in [0.2, 0.25) is 5.91 Å². The van der Waals surface area contributed by atoms with Crippen molar-refractivity contribution >= 4 is 29.1 Å². The van der Waals surface area contributed by atoms with Gasteiger partial charge < -0.3 is 15.1 Å². The molecule has 1 aromatic heterocycles. The molecule has 1 fully saturated rings. The molecule has 6 nitrogen and oxygen atoms in total. The fraction of sp³-hybridized carbons (Fsp3) is 0.458. The highest BCUT2D eigenvalue weighted by Crippen LogP contribution is 2.17. The van der Waals surface area contributed by atoms with Crippen molar-refractivity contribution in [2.24, 2.45) is 5.92 Å². The van der Waals surface area contributed by atoms with E-state index in [1.54, 1.807) is 15.9 Å². The van der Waals surface area contributed by atoms with Crippen molar-refractivity contribution in [1.29, 1.82) is 0 Å². The third-order valence-electron chi connectivity index (χ3n) is 5.67. The Kier molecular flexibility index (Phi) is 7.49. The Hall–Kier alpha value is -2.67. The van der Waals surface area contributed by atoms with Crippen LogP contribution >= 0.6 is 11.3 Å². The molecule has 1 atom stereocenters. The Morgan fingerprint density at radius 2 is 1.52 bits per heavy atom. The van der Waals surface area contributed by atoms with Crippen molar-refractivity contribution in [2.75, 3.05) is 26.2 Å². The molecule has 1 unspecified atom stereocenters. The maximum absolute atomic E-state index is 13.1. The summed E-state index contributed by atoms with van der Waals surface area (Å²) in [7, 11) is 0. The number of hydrogen-bond acceptors (Lipinski definition) is 4. The van der Waals surface area contributed by atoms with Crippen LogP contribution in [0.25, 0.3) is 0 Å². The largest absolute Gasteiger partial charge is 0.339 e. The normalized spacial score (nSPS) is 15.3. The highest BCUT2D eigenvalue weighted by Gasteiger charge is 2.32. The summed E-state index contributed by atoms with van der Waals surface area (Å²) in [5.41, 5.74) is 1.88. The lowest BCUT2D eigenvalue weighted by molar-refractivity contribution is -0.135. The summed E-state index contributed by atoms with van der Waals surface area (Å²) >= 11 is 1.35. The van der Waals surface area contributed by atoms with Gasteiger partial charge in [-0.2, -0.15) is 0 Å². The van der Waals surface area contributed by atoms with Crippen molar-refractivity contribution in [3.63, 3.8) is 0 Å². The molecule has 7 heteroatoms. The van der Waals surface area contributed by atoms with Crippen LogP contribution in [0.1, 0.15) is 59.2 Å². The van der Waals surface area contributed by atoms with Crippen molar-refractivity contribution in [3.05, 3.63) is 57.8 Å². The fourth-order valence-corrected chi connectivity index (χ4v) is 4.28. The number of nitrogens with zero attached hydrogens (tertiary/aromatic N) is 2. The summed E-state index contributed by atoms with van der Waals surface area (Å²) in [6.45, 7) is 10.0. The molecule has 0 bridgehead atoms. The Bertz CT molecular complexity index is 899. The number of amides is 3. The van der Waals surface area contributed by atoms with Crippen LogP contribution in [0.5, 0.6) is 0 Å². The van der Waals surface area contributed by atoms with Gasteiger partial charge in [-0.3, -0.25) is 14.4 Å². The Labute approximate surface area is 188 Å². The van der Waals surface area contributed by atoms with E-state index in [0.717, 1.165) is 0 Å². The van der Waals surface area contributed by atoms with Crippen LogP contribution in [0.2, 0.25) is 0 Å². The molecule has 3 amide bonds. The molecule has 1 aliphatic heterocycles. The molecule has 31 heavy (non-hydrogen) atoms. The van der Waals surface area contributed by atoms with Crippen molar-refractivity contribution < 1.29 is 14.4 Å². The number of benzene rings is 1. The van der Waals surface area contributed by atoms with E-state index in [0.29, 0.717) is 42.5 Å². The van der Waals surface area contributed by atoms with E-state index < -0.39 is 6.04 Å². The van der Waals surface area contributed by atoms with Crippen molar-refractivity contribution in [3.8, 4) is 0 Å². The summed E-state index contributed by atoms with van der Waals surface area (Å²) < 4.78 is 0. The number of carbonyl (C=O) groups excluding carboxylic acids is 3. The van der Waals surface area contributed by atoms with Crippen LogP contribution in [0.4, 0.5) is 0 Å². The molecule has 166 valence electrons. The first-order chi connectivity index (χ1) is 14.8. The van der Waals surface area contributed by atoms with Gasteiger partial charge in [0.15, 0.2) is 0 Å². The third-order valence-corrected chi connectivity index (χ3v) is 6.54. The molecule has 1 aliphatic rings. The van der Waals surface area contributed by atoms with Gasteiger partial charge in [0.1, 0.15) is 6.04 Å². The third kappa shape index (κ3) is 5.53. The van der Waals surface area contributed by atoms with Gasteiger partial charge in [-0.05, 0) is 41.0 Å². The highest BCUT2D eigenvalue weighted by molar-refractivity contribution is 7.12. The molecule has 0 spiro atoms. The number of piperazine rings is 1. The second kappa shape index (κ2) is 10.1. The predicted octanol–water partition coefficient (Wildman–Crippen LogP) is 3.61. The lowest BCUT2D eigenvalue weighted by atomic mass is 10.0. The lowest BCUT2D eigenvalue weighted by Gasteiger charge is -2.37. The summed E-state index contributed by atoms with van der Waals surface area (Å²) in [5, 5.41) is 4.73. The van der Waals surface area contributed by atoms with E-state index in [9.17, 15) is 14.4 Å². The molecule has 1 aromatic carbocycles. The topological polar surface area (TPSA) is 69.7 Å². The molecule has 0 aliphatic carbocycles. The van der Waals surface area contributed by atoms with Gasteiger partial charge in [-0.15, -0.1) is 11.3 Å². The first-order valence-corrected chi connectivity index (χ1v) is 11.7. The second-order valence-corrected chi connectivity index (χ2v) is 9.51. The monoisotopic (exact) mass is 441 g/mol. The van der Waals surface area contributed by atoms with Gasteiger partial charge in [-0.1, -0.05) is 45.9 Å². The molecule has 1 saturated heterocycles. The number of carbonyl (C=O) groups is 3. The first kappa shape index (κ1) is 23.0. The standard InChI is InChI=1S/C24H31N3O3S/c1-16(2)18-7-9-19(10-8-18)23(29)26-11-13-27(14-12-26)24(30)21(17(3)4)25-22(28)20-6-5-15-31-20/h5-10,15-17,21H,11-14H2,1-4H3,(H,25,28). The van der Waals surface area contributed by atoms with E-state index in [1.165, 1.54) is 16.9 Å². The fourth-order valence-electron chi connectivity index (χ4n) is 3.65. The van der Waals surface area contributed by atoms with E-state index in [4.69, 9.17) is 0 Å². The van der Waals surface area contributed by atoms with E-state index in [-0.39, 0.29) is 23.6 Å². The SMILES string of the molecule is CC(C)c1ccc(C(=O)N2CCN(C(=O)C(NC(=O)c3cccs3)C(C)C)CC2)cc1. The Morgan fingerprint density at radius 1 is 0.903 bits per heavy atom. The molecular formula is C24H31N3O3S. The summed E-state index contributed by atoms with van der Waals surface area (Å²) in [4.78, 5) is 42.5. The minimum absolute atomic E-state index is 0.00573. The van der Waals surface area contributed by atoms with Crippen LogP contribution < -0.4 is 5.32 Å². The number of nitrogens with one attached hydrogen (secondary N) is 1. The van der Waals surface area contributed by atoms with Crippen LogP contribution in [0.3, 0.4) is 0 Å². The second-order valence-electron chi connectivity index (χ2n) is 8.57. The molecule has 0 radical (unpaired) electrons. The van der Waals surface area contributed by atoms with E-state index in [1.807, 2.05) is 49.6 Å². The molecular weight excluding hydrogens is 410 g/mol. The predicted molar refractivity (Wildman–Crippen MR) is 123 cm³/mol. The quantitative estimate of drug-likeness (QED) is 0.745. The van der Waals surface area contributed by atoms with E-state index >= 15 is 0 Å². The average Bonchev–Trinajstić information content (AvgIpc) is 3.31. The zero-order valence-electron chi connectivity index (χ0n) is 18.6. The van der Waals surface area contributed by atoms with Gasteiger partial charge in [0, 0.05) is 31.7 Å². The van der Waals surface area contributed by atoms with E-state index in [2.05, 4.69) is 19.2 Å². The molecule has 3 rings (SSSR count). The summed E-state index contributed by atoms with van der Waals surface area (Å²) in [6, 6.07) is 10.7. The Morgan fingerprint density at radius 3 is 2.03 bits per heavy atom. The highest BCUT2D eigenvalue weighted by atomic mass is 32.1. The van der Waals surface area contributed by atoms with Crippen LogP contribution in [0.15, 0.2) is 41.8 Å². The maximum atomic E-state index is 13.1. The van der Waals surface area contributed by atoms with Crippen LogP contribution in [-0.4, -0.2) is 59.7 Å². The minimum atomic E-state index is -0.583. The van der Waals surface area contributed by atoms with Crippen LogP contribution in [-0.2, 0) is 4.79 Å². The molecule has 0 saturated carbocycles. The van der Waals surface area contributed by atoms with Gasteiger partial charge in [0.25, 0.3) is 11.8 Å². The first-order valence-electron chi connectivity index (χ1n) is 10.8. The minimum Gasteiger partial charge on any atom is -0.339 e. The summed E-state index contributed by atoms with van der Waals surface area (Å²) in [5.74, 6) is 0.0753. The van der Waals surface area contributed by atoms with Crippen molar-refractivity contribution in [1.82, 2.24) is 15.1 Å². The van der Waals surface area contributed by atoms with Crippen LogP contribution in [0, 0.1) is 5.92 Å². The molecule has 2 aromatic rings. The molecule has 2 heterocycles. The maximum Gasteiger partial charge on any atom is 0.262 e. The smallest absolute Gasteiger partial charge is 0.262 e. The number of rotatable bonds is 6. The lowest BCUT2D eigenvalue weighted by Crippen LogP contribution is -2.57. The zero-order valence-corrected chi connectivity index (χ0v) is 19.4. The zero-order chi connectivity index (χ0) is 22.5. The molecule has 1 N–H and O–H groups in total. The van der Waals surface area contributed by atoms with Gasteiger partial charge >= 0.3 is 0 Å². The van der Waals surface area contributed by atoms with Crippen molar-refractivity contribution in [2.45, 2.75) is 39.7 Å². The average molecular weight is 442 g/mol. The number of hydrogen-bond donors (Lipinski definition) is 1. The van der Waals surface area contributed by atoms with Gasteiger partial charge in [-0.25, -0.2) is 0 Å². The van der Waals surface area contributed by atoms with Gasteiger partial charge in [0.05, 0.1) is 4.88 Å². The summed E-state index contributed by atoms with van der Waals surface area (Å²) in [6.07, 6.45) is 0.